The lowest BCUT2D eigenvalue weighted by Crippen LogP contribution is -2.36. The molecule has 2 aliphatic rings. The van der Waals surface area contributed by atoms with Crippen LogP contribution in [0, 0.1) is 6.92 Å². The van der Waals surface area contributed by atoms with Gasteiger partial charge in [0, 0.05) is 18.7 Å². The molecule has 2 aliphatic heterocycles. The van der Waals surface area contributed by atoms with Crippen molar-refractivity contribution in [3.05, 3.63) is 75.9 Å². The van der Waals surface area contributed by atoms with E-state index in [2.05, 4.69) is 34.6 Å². The van der Waals surface area contributed by atoms with Crippen LogP contribution in [-0.2, 0) is 19.7 Å². The van der Waals surface area contributed by atoms with Gasteiger partial charge in [-0.2, -0.15) is 0 Å². The first-order chi connectivity index (χ1) is 16.5. The Morgan fingerprint density at radius 1 is 1.11 bits per heavy atom. The predicted molar refractivity (Wildman–Crippen MR) is 138 cm³/mol. The highest BCUT2D eigenvalue weighted by molar-refractivity contribution is 6.46. The highest BCUT2D eigenvalue weighted by Crippen LogP contribution is 2.41. The van der Waals surface area contributed by atoms with Crippen molar-refractivity contribution in [2.24, 2.45) is 0 Å². The number of hydrogen-bond donors (Lipinski definition) is 1. The molecule has 2 heterocycles. The Morgan fingerprint density at radius 2 is 1.80 bits per heavy atom. The third-order valence-electron chi connectivity index (χ3n) is 7.24. The normalized spacial score (nSPS) is 22.4. The molecule has 2 aromatic rings. The molecule has 0 spiro atoms. The van der Waals surface area contributed by atoms with Crippen molar-refractivity contribution in [2.45, 2.75) is 77.9 Å². The van der Waals surface area contributed by atoms with Crippen LogP contribution in [0.4, 0.5) is 0 Å². The number of aliphatic hydroxyl groups excluding tert-OH is 1. The number of ether oxygens (including phenoxy) is 1. The second-order valence-electron chi connectivity index (χ2n) is 11.2. The molecule has 2 fully saturated rings. The van der Waals surface area contributed by atoms with Crippen molar-refractivity contribution in [3.63, 3.8) is 0 Å². The van der Waals surface area contributed by atoms with Crippen molar-refractivity contribution < 1.29 is 19.4 Å². The summed E-state index contributed by atoms with van der Waals surface area (Å²) < 4.78 is 5.80. The fourth-order valence-corrected chi connectivity index (χ4v) is 4.97. The summed E-state index contributed by atoms with van der Waals surface area (Å²) in [5.41, 5.74) is 4.53. The Hall–Kier alpha value is -2.92. The third-order valence-corrected chi connectivity index (χ3v) is 7.24. The van der Waals surface area contributed by atoms with Crippen LogP contribution < -0.4 is 0 Å². The number of aryl methyl sites for hydroxylation is 1. The van der Waals surface area contributed by atoms with Crippen LogP contribution in [0.2, 0.25) is 0 Å². The maximum atomic E-state index is 13.4. The van der Waals surface area contributed by atoms with Gasteiger partial charge in [0.15, 0.2) is 0 Å². The summed E-state index contributed by atoms with van der Waals surface area (Å²) in [6.45, 7) is 13.5. The molecule has 5 heteroatoms. The summed E-state index contributed by atoms with van der Waals surface area (Å²) in [6.07, 6.45) is 1.70. The Kier molecular flexibility index (Phi) is 6.92. The number of rotatable bonds is 5. The summed E-state index contributed by atoms with van der Waals surface area (Å²) in [7, 11) is 0. The molecule has 0 bridgehead atoms. The highest BCUT2D eigenvalue weighted by Gasteiger charge is 2.47. The van der Waals surface area contributed by atoms with Gasteiger partial charge in [-0.05, 0) is 59.4 Å². The van der Waals surface area contributed by atoms with E-state index < -0.39 is 17.7 Å². The predicted octanol–water partition coefficient (Wildman–Crippen LogP) is 6.02. The molecule has 0 aliphatic carbocycles. The molecule has 1 N–H and O–H groups in total. The maximum absolute atomic E-state index is 13.4. The number of amides is 1. The number of ketones is 1. The topological polar surface area (TPSA) is 66.8 Å². The molecule has 2 aromatic carbocycles. The van der Waals surface area contributed by atoms with E-state index in [-0.39, 0.29) is 22.9 Å². The van der Waals surface area contributed by atoms with E-state index >= 15 is 0 Å². The number of hydrogen-bond acceptors (Lipinski definition) is 4. The number of benzene rings is 2. The Labute approximate surface area is 208 Å². The molecule has 2 saturated heterocycles. The molecule has 5 nitrogen and oxygen atoms in total. The molecule has 2 atom stereocenters. The van der Waals surface area contributed by atoms with Gasteiger partial charge in [0.2, 0.25) is 0 Å². The molecule has 2 unspecified atom stereocenters. The highest BCUT2D eigenvalue weighted by atomic mass is 16.5. The Balaban J connectivity index is 1.86. The number of aliphatic hydroxyl groups is 1. The summed E-state index contributed by atoms with van der Waals surface area (Å²) in [5.74, 6) is -0.964. The molecule has 35 heavy (non-hydrogen) atoms. The summed E-state index contributed by atoms with van der Waals surface area (Å²) >= 11 is 0. The van der Waals surface area contributed by atoms with Crippen molar-refractivity contribution in [2.75, 3.05) is 13.2 Å². The molecule has 0 saturated carbocycles. The summed E-state index contributed by atoms with van der Waals surface area (Å²) in [6, 6.07) is 13.3. The average molecular weight is 476 g/mol. The first-order valence-electron chi connectivity index (χ1n) is 12.6. The lowest BCUT2D eigenvalue weighted by Gasteiger charge is -2.28. The minimum absolute atomic E-state index is 0.100. The van der Waals surface area contributed by atoms with Gasteiger partial charge in [-0.3, -0.25) is 9.59 Å². The quantitative estimate of drug-likeness (QED) is 0.326. The van der Waals surface area contributed by atoms with E-state index in [0.717, 1.165) is 29.5 Å². The monoisotopic (exact) mass is 475 g/mol. The van der Waals surface area contributed by atoms with Crippen LogP contribution >= 0.6 is 0 Å². The van der Waals surface area contributed by atoms with Gasteiger partial charge in [-0.15, -0.1) is 0 Å². The van der Waals surface area contributed by atoms with E-state index in [1.54, 1.807) is 4.90 Å². The third kappa shape index (κ3) is 4.92. The standard InChI is InChI=1S/C30H37NO4/c1-18(2)20-10-12-21(13-11-20)26-25(28(33)29(34)31(26)17-23-8-7-15-35-23)27(32)24-16-22(30(4,5)6)14-9-19(24)3/h9-14,16,18,23,26,32H,7-8,15,17H2,1-6H3/b27-25+. The largest absolute Gasteiger partial charge is 0.507 e. The van der Waals surface area contributed by atoms with Crippen LogP contribution in [0.3, 0.4) is 0 Å². The van der Waals surface area contributed by atoms with Crippen molar-refractivity contribution in [3.8, 4) is 0 Å². The van der Waals surface area contributed by atoms with Gasteiger partial charge in [0.1, 0.15) is 5.76 Å². The van der Waals surface area contributed by atoms with Crippen LogP contribution in [0.25, 0.3) is 5.76 Å². The summed E-state index contributed by atoms with van der Waals surface area (Å²) in [5, 5.41) is 11.6. The zero-order valence-electron chi connectivity index (χ0n) is 21.7. The van der Waals surface area contributed by atoms with Crippen LogP contribution in [0.5, 0.6) is 0 Å². The molecule has 4 rings (SSSR count). The first-order valence-corrected chi connectivity index (χ1v) is 12.6. The summed E-state index contributed by atoms with van der Waals surface area (Å²) in [4.78, 5) is 28.3. The van der Waals surface area contributed by atoms with Crippen molar-refractivity contribution in [1.29, 1.82) is 0 Å². The van der Waals surface area contributed by atoms with E-state index in [9.17, 15) is 14.7 Å². The smallest absolute Gasteiger partial charge is 0.295 e. The molecular formula is C30H37NO4. The van der Waals surface area contributed by atoms with Gasteiger partial charge in [0.25, 0.3) is 11.7 Å². The van der Waals surface area contributed by atoms with E-state index in [0.29, 0.717) is 24.6 Å². The van der Waals surface area contributed by atoms with E-state index in [1.165, 1.54) is 5.56 Å². The molecular weight excluding hydrogens is 438 g/mol. The lowest BCUT2D eigenvalue weighted by molar-refractivity contribution is -0.140. The Bertz CT molecular complexity index is 1150. The minimum atomic E-state index is -0.655. The number of nitrogens with zero attached hydrogens (tertiary/aromatic N) is 1. The fraction of sp³-hybridized carbons (Fsp3) is 0.467. The van der Waals surface area contributed by atoms with Gasteiger partial charge in [-0.1, -0.05) is 71.0 Å². The average Bonchev–Trinajstić information content (AvgIpc) is 3.40. The second-order valence-corrected chi connectivity index (χ2v) is 11.2. The van der Waals surface area contributed by atoms with E-state index in [1.807, 2.05) is 49.4 Å². The van der Waals surface area contributed by atoms with Gasteiger partial charge in [0.05, 0.1) is 17.7 Å². The van der Waals surface area contributed by atoms with Crippen LogP contribution in [0.15, 0.2) is 48.0 Å². The number of carbonyl (C=O) groups is 2. The second kappa shape index (κ2) is 9.62. The lowest BCUT2D eigenvalue weighted by atomic mass is 9.84. The van der Waals surface area contributed by atoms with E-state index in [4.69, 9.17) is 4.74 Å². The zero-order chi connectivity index (χ0) is 25.5. The Morgan fingerprint density at radius 3 is 2.37 bits per heavy atom. The van der Waals surface area contributed by atoms with Gasteiger partial charge < -0.3 is 14.7 Å². The zero-order valence-corrected chi connectivity index (χ0v) is 21.7. The fourth-order valence-electron chi connectivity index (χ4n) is 4.97. The first kappa shape index (κ1) is 25.2. The number of carbonyl (C=O) groups excluding carboxylic acids is 2. The number of likely N-dealkylation sites (tertiary alicyclic amines) is 1. The molecule has 186 valence electrons. The van der Waals surface area contributed by atoms with Crippen LogP contribution in [-0.4, -0.2) is 41.0 Å². The molecule has 0 aromatic heterocycles. The minimum Gasteiger partial charge on any atom is -0.507 e. The molecule has 1 amide bonds. The SMILES string of the molecule is Cc1ccc(C(C)(C)C)cc1/C(O)=C1\C(=O)C(=O)N(CC2CCCO2)C1c1ccc(C(C)C)cc1. The van der Waals surface area contributed by atoms with Crippen LogP contribution in [0.1, 0.15) is 87.2 Å². The van der Waals surface area contributed by atoms with Gasteiger partial charge >= 0.3 is 0 Å². The maximum Gasteiger partial charge on any atom is 0.295 e. The number of Topliss-reactive ketones (excluding diaryl/α,β-unsaturated/α-hetero) is 1. The molecule has 0 radical (unpaired) electrons. The van der Waals surface area contributed by atoms with Gasteiger partial charge in [-0.25, -0.2) is 0 Å². The van der Waals surface area contributed by atoms with Crippen molar-refractivity contribution in [1.82, 2.24) is 4.90 Å². The van der Waals surface area contributed by atoms with Crippen molar-refractivity contribution >= 4 is 17.4 Å².